The van der Waals surface area contributed by atoms with Crippen LogP contribution < -0.4 is 19.9 Å². The molecule has 0 bridgehead atoms. The van der Waals surface area contributed by atoms with E-state index in [1.165, 1.54) is 22.2 Å². The summed E-state index contributed by atoms with van der Waals surface area (Å²) in [5, 5.41) is 0. The second kappa shape index (κ2) is 9.79. The largest absolute Gasteiger partial charge is 0.497 e. The van der Waals surface area contributed by atoms with Gasteiger partial charge in [0.25, 0.3) is 5.56 Å². The van der Waals surface area contributed by atoms with E-state index in [0.29, 0.717) is 23.3 Å². The van der Waals surface area contributed by atoms with Crippen molar-refractivity contribution < 1.29 is 14.3 Å². The SMILES string of the molecule is COc1ccc(-c2cc3ncn(CC(=O)N4CCN(c5cccc(OC)c5)CC4)c(=O)c3s2)cc1. The lowest BCUT2D eigenvalue weighted by molar-refractivity contribution is -0.132. The van der Waals surface area contributed by atoms with Gasteiger partial charge in [-0.3, -0.25) is 14.2 Å². The Morgan fingerprint density at radius 1 is 0.971 bits per heavy atom. The maximum Gasteiger partial charge on any atom is 0.271 e. The number of methoxy groups -OCH3 is 2. The summed E-state index contributed by atoms with van der Waals surface area (Å²) in [4.78, 5) is 35.5. The zero-order valence-corrected chi connectivity index (χ0v) is 20.5. The van der Waals surface area contributed by atoms with Gasteiger partial charge in [-0.1, -0.05) is 6.07 Å². The van der Waals surface area contributed by atoms with Crippen molar-refractivity contribution in [1.29, 1.82) is 0 Å². The van der Waals surface area contributed by atoms with Crippen molar-refractivity contribution in [2.24, 2.45) is 0 Å². The Balaban J connectivity index is 1.27. The molecule has 0 spiro atoms. The van der Waals surface area contributed by atoms with Crippen molar-refractivity contribution in [2.75, 3.05) is 45.3 Å². The minimum Gasteiger partial charge on any atom is -0.497 e. The summed E-state index contributed by atoms with van der Waals surface area (Å²) >= 11 is 1.39. The summed E-state index contributed by atoms with van der Waals surface area (Å²) in [6, 6.07) is 17.5. The molecule has 180 valence electrons. The Kier molecular flexibility index (Phi) is 6.41. The summed E-state index contributed by atoms with van der Waals surface area (Å²) in [6.45, 7) is 2.63. The molecule has 0 N–H and O–H groups in total. The number of hydrogen-bond donors (Lipinski definition) is 0. The predicted octanol–water partition coefficient (Wildman–Crippen LogP) is 3.49. The molecular weight excluding hydrogens is 464 g/mol. The van der Waals surface area contributed by atoms with Gasteiger partial charge >= 0.3 is 0 Å². The van der Waals surface area contributed by atoms with E-state index in [1.807, 2.05) is 59.5 Å². The van der Waals surface area contributed by atoms with Gasteiger partial charge in [0.1, 0.15) is 22.7 Å². The fraction of sp³-hybridized carbons (Fsp3) is 0.269. The molecule has 35 heavy (non-hydrogen) atoms. The Morgan fingerprint density at radius 3 is 2.43 bits per heavy atom. The predicted molar refractivity (Wildman–Crippen MR) is 138 cm³/mol. The highest BCUT2D eigenvalue weighted by atomic mass is 32.1. The van der Waals surface area contributed by atoms with E-state index < -0.39 is 0 Å². The number of ether oxygens (including phenoxy) is 2. The van der Waals surface area contributed by atoms with E-state index in [-0.39, 0.29) is 18.0 Å². The molecule has 1 saturated heterocycles. The van der Waals surface area contributed by atoms with Gasteiger partial charge in [-0.15, -0.1) is 11.3 Å². The highest BCUT2D eigenvalue weighted by Crippen LogP contribution is 2.31. The molecule has 0 unspecified atom stereocenters. The number of benzene rings is 2. The second-order valence-electron chi connectivity index (χ2n) is 8.30. The van der Waals surface area contributed by atoms with Crippen LogP contribution in [0.15, 0.2) is 65.7 Å². The number of anilines is 1. The van der Waals surface area contributed by atoms with Crippen LogP contribution in [0.25, 0.3) is 20.7 Å². The van der Waals surface area contributed by atoms with Crippen LogP contribution in [0.2, 0.25) is 0 Å². The van der Waals surface area contributed by atoms with Gasteiger partial charge in [-0.25, -0.2) is 4.98 Å². The van der Waals surface area contributed by atoms with Gasteiger partial charge in [0.15, 0.2) is 0 Å². The minimum atomic E-state index is -0.192. The van der Waals surface area contributed by atoms with E-state index in [2.05, 4.69) is 9.88 Å². The van der Waals surface area contributed by atoms with E-state index in [1.54, 1.807) is 14.2 Å². The average molecular weight is 491 g/mol. The molecule has 0 aliphatic carbocycles. The quantitative estimate of drug-likeness (QED) is 0.412. The molecule has 2 aromatic carbocycles. The Labute approximate surface area is 207 Å². The molecule has 1 fully saturated rings. The molecule has 1 amide bonds. The van der Waals surface area contributed by atoms with Crippen molar-refractivity contribution in [1.82, 2.24) is 14.5 Å². The van der Waals surface area contributed by atoms with Gasteiger partial charge in [0, 0.05) is 42.8 Å². The van der Waals surface area contributed by atoms with E-state index in [4.69, 9.17) is 9.47 Å². The molecule has 8 nitrogen and oxygen atoms in total. The molecule has 3 heterocycles. The number of piperazine rings is 1. The third-order valence-electron chi connectivity index (χ3n) is 6.23. The second-order valence-corrected chi connectivity index (χ2v) is 9.35. The number of carbonyl (C=O) groups is 1. The van der Waals surface area contributed by atoms with Crippen molar-refractivity contribution in [3.05, 3.63) is 71.3 Å². The fourth-order valence-corrected chi connectivity index (χ4v) is 5.29. The van der Waals surface area contributed by atoms with E-state index in [9.17, 15) is 9.59 Å². The summed E-state index contributed by atoms with van der Waals surface area (Å²) < 4.78 is 12.5. The zero-order chi connectivity index (χ0) is 24.4. The van der Waals surface area contributed by atoms with Crippen molar-refractivity contribution >= 4 is 33.1 Å². The third kappa shape index (κ3) is 4.72. The molecule has 9 heteroatoms. The summed E-state index contributed by atoms with van der Waals surface area (Å²) in [7, 11) is 3.28. The number of amides is 1. The Bertz CT molecular complexity index is 1410. The first kappa shape index (κ1) is 22.9. The maximum absolute atomic E-state index is 13.1. The number of thiophene rings is 1. The molecule has 1 aliphatic rings. The first-order chi connectivity index (χ1) is 17.1. The number of rotatable bonds is 6. The van der Waals surface area contributed by atoms with Crippen molar-refractivity contribution in [2.45, 2.75) is 6.54 Å². The molecule has 0 saturated carbocycles. The molecule has 0 radical (unpaired) electrons. The molecule has 2 aromatic heterocycles. The van der Waals surface area contributed by atoms with Crippen molar-refractivity contribution in [3.8, 4) is 21.9 Å². The van der Waals surface area contributed by atoms with Crippen LogP contribution in [0.5, 0.6) is 11.5 Å². The van der Waals surface area contributed by atoms with Crippen LogP contribution in [0, 0.1) is 0 Å². The minimum absolute atomic E-state index is 0.0172. The van der Waals surface area contributed by atoms with Gasteiger partial charge in [-0.05, 0) is 48.0 Å². The molecular formula is C26H26N4O4S. The Hall–Kier alpha value is -3.85. The van der Waals surface area contributed by atoms with Crippen LogP contribution >= 0.6 is 11.3 Å². The lowest BCUT2D eigenvalue weighted by Crippen LogP contribution is -2.50. The highest BCUT2D eigenvalue weighted by molar-refractivity contribution is 7.22. The first-order valence-corrected chi connectivity index (χ1v) is 12.2. The Morgan fingerprint density at radius 2 is 1.71 bits per heavy atom. The molecule has 0 atom stereocenters. The van der Waals surface area contributed by atoms with Gasteiger partial charge in [0.05, 0.1) is 26.1 Å². The van der Waals surface area contributed by atoms with E-state index in [0.717, 1.165) is 40.7 Å². The monoisotopic (exact) mass is 490 g/mol. The standard InChI is InChI=1S/C26H26N4O4S/c1-33-20-8-6-18(7-9-20)23-15-22-25(35-23)26(32)30(17-27-22)16-24(31)29-12-10-28(11-13-29)19-4-3-5-21(14-19)34-2/h3-9,14-15,17H,10-13,16H2,1-2H3. The average Bonchev–Trinajstić information content (AvgIpc) is 3.36. The van der Waals surface area contributed by atoms with Crippen LogP contribution in [-0.2, 0) is 11.3 Å². The number of hydrogen-bond acceptors (Lipinski definition) is 7. The lowest BCUT2D eigenvalue weighted by Gasteiger charge is -2.36. The number of carbonyl (C=O) groups excluding carboxylic acids is 1. The summed E-state index contributed by atoms with van der Waals surface area (Å²) in [5.74, 6) is 1.51. The number of nitrogens with zero attached hydrogens (tertiary/aromatic N) is 4. The van der Waals surface area contributed by atoms with Gasteiger partial charge < -0.3 is 19.3 Å². The molecule has 1 aliphatic heterocycles. The van der Waals surface area contributed by atoms with Crippen LogP contribution in [0.3, 0.4) is 0 Å². The van der Waals surface area contributed by atoms with E-state index >= 15 is 0 Å². The first-order valence-electron chi connectivity index (χ1n) is 11.4. The maximum atomic E-state index is 13.1. The summed E-state index contributed by atoms with van der Waals surface area (Å²) in [5.41, 5.74) is 2.52. The third-order valence-corrected chi connectivity index (χ3v) is 7.40. The highest BCUT2D eigenvalue weighted by Gasteiger charge is 2.22. The number of fused-ring (bicyclic) bond motifs is 1. The zero-order valence-electron chi connectivity index (χ0n) is 19.6. The smallest absolute Gasteiger partial charge is 0.271 e. The fourth-order valence-electron chi connectivity index (χ4n) is 4.22. The van der Waals surface area contributed by atoms with Crippen LogP contribution in [-0.4, -0.2) is 60.8 Å². The van der Waals surface area contributed by atoms with Gasteiger partial charge in [-0.2, -0.15) is 0 Å². The summed E-state index contributed by atoms with van der Waals surface area (Å²) in [6.07, 6.45) is 1.47. The topological polar surface area (TPSA) is 76.9 Å². The van der Waals surface area contributed by atoms with Crippen LogP contribution in [0.4, 0.5) is 5.69 Å². The lowest BCUT2D eigenvalue weighted by atomic mass is 10.2. The van der Waals surface area contributed by atoms with Gasteiger partial charge in [0.2, 0.25) is 5.91 Å². The normalized spacial score (nSPS) is 13.8. The molecule has 5 rings (SSSR count). The number of aromatic nitrogens is 2. The van der Waals surface area contributed by atoms with Crippen LogP contribution in [0.1, 0.15) is 0 Å². The van der Waals surface area contributed by atoms with Crippen molar-refractivity contribution in [3.63, 3.8) is 0 Å². The molecule has 4 aromatic rings.